The highest BCUT2D eigenvalue weighted by Crippen LogP contribution is 2.23. The molecule has 0 bridgehead atoms. The topological polar surface area (TPSA) is 29.5 Å². The number of hydrogen-bond acceptors (Lipinski definition) is 3. The average Bonchev–Trinajstić information content (AvgIpc) is 2.10. The molecule has 0 aromatic carbocycles. The highest BCUT2D eigenvalue weighted by Gasteiger charge is 2.31. The maximum atomic E-state index is 11.5. The van der Waals surface area contributed by atoms with Crippen LogP contribution in [0.1, 0.15) is 26.7 Å². The zero-order chi connectivity index (χ0) is 9.84. The lowest BCUT2D eigenvalue weighted by molar-refractivity contribution is -0.151. The molecule has 0 radical (unpaired) electrons. The van der Waals surface area contributed by atoms with Crippen LogP contribution in [-0.2, 0) is 9.53 Å². The lowest BCUT2D eigenvalue weighted by Crippen LogP contribution is -2.44. The number of carbonyl (C=O) groups is 1. The average molecular weight is 185 g/mol. The molecule has 1 fully saturated rings. The second kappa shape index (κ2) is 4.61. The Morgan fingerprint density at radius 2 is 2.31 bits per heavy atom. The van der Waals surface area contributed by atoms with E-state index in [1.54, 1.807) is 0 Å². The van der Waals surface area contributed by atoms with Gasteiger partial charge in [0.05, 0.1) is 12.5 Å². The van der Waals surface area contributed by atoms with Crippen LogP contribution in [0.5, 0.6) is 0 Å². The van der Waals surface area contributed by atoms with E-state index >= 15 is 0 Å². The number of rotatable bonds is 2. The fourth-order valence-corrected chi connectivity index (χ4v) is 1.88. The molecule has 1 aliphatic heterocycles. The molecule has 0 spiro atoms. The van der Waals surface area contributed by atoms with Gasteiger partial charge >= 0.3 is 5.97 Å². The fourth-order valence-electron chi connectivity index (χ4n) is 1.88. The minimum atomic E-state index is -0.0263. The Morgan fingerprint density at radius 1 is 1.62 bits per heavy atom. The second-order valence-corrected chi connectivity index (χ2v) is 3.72. The fraction of sp³-hybridized carbons (Fsp3) is 0.900. The molecule has 0 N–H and O–H groups in total. The van der Waals surface area contributed by atoms with E-state index in [1.165, 1.54) is 0 Å². The summed E-state index contributed by atoms with van der Waals surface area (Å²) in [7, 11) is 2.07. The number of piperidine rings is 1. The standard InChI is InChI=1S/C10H19NO2/c1-4-13-10(12)9-6-5-7-11(3)8(9)2/h8-9H,4-7H2,1-3H3/t8-,9+/m0/s1. The molecule has 1 rings (SSSR count). The largest absolute Gasteiger partial charge is 0.466 e. The quantitative estimate of drug-likeness (QED) is 0.607. The smallest absolute Gasteiger partial charge is 0.310 e. The summed E-state index contributed by atoms with van der Waals surface area (Å²) >= 11 is 0. The van der Waals surface area contributed by atoms with Crippen molar-refractivity contribution in [2.75, 3.05) is 20.2 Å². The first-order chi connectivity index (χ1) is 6.16. The van der Waals surface area contributed by atoms with Gasteiger partial charge in [-0.3, -0.25) is 4.79 Å². The number of ether oxygens (including phenoxy) is 1. The third-order valence-electron chi connectivity index (χ3n) is 2.89. The van der Waals surface area contributed by atoms with Crippen LogP contribution in [-0.4, -0.2) is 37.1 Å². The van der Waals surface area contributed by atoms with E-state index < -0.39 is 0 Å². The van der Waals surface area contributed by atoms with E-state index in [4.69, 9.17) is 4.74 Å². The molecule has 3 heteroatoms. The van der Waals surface area contributed by atoms with Gasteiger partial charge in [-0.05, 0) is 40.3 Å². The van der Waals surface area contributed by atoms with E-state index in [0.717, 1.165) is 19.4 Å². The highest BCUT2D eigenvalue weighted by atomic mass is 16.5. The monoisotopic (exact) mass is 185 g/mol. The van der Waals surface area contributed by atoms with Gasteiger partial charge in [0.1, 0.15) is 0 Å². The third kappa shape index (κ3) is 2.44. The number of likely N-dealkylation sites (tertiary alicyclic amines) is 1. The van der Waals surface area contributed by atoms with Crippen LogP contribution in [0.25, 0.3) is 0 Å². The first-order valence-corrected chi connectivity index (χ1v) is 5.03. The van der Waals surface area contributed by atoms with E-state index in [2.05, 4.69) is 18.9 Å². The number of hydrogen-bond donors (Lipinski definition) is 0. The lowest BCUT2D eigenvalue weighted by atomic mass is 9.91. The summed E-state index contributed by atoms with van der Waals surface area (Å²) in [6.45, 7) is 5.54. The molecule has 1 saturated heterocycles. The van der Waals surface area contributed by atoms with Gasteiger partial charge in [0.15, 0.2) is 0 Å². The van der Waals surface area contributed by atoms with Gasteiger partial charge in [0, 0.05) is 6.04 Å². The maximum Gasteiger partial charge on any atom is 0.310 e. The Kier molecular flexibility index (Phi) is 3.72. The van der Waals surface area contributed by atoms with Crippen molar-refractivity contribution >= 4 is 5.97 Å². The molecule has 0 aliphatic carbocycles. The first-order valence-electron chi connectivity index (χ1n) is 5.03. The molecule has 1 heterocycles. The minimum Gasteiger partial charge on any atom is -0.466 e. The Balaban J connectivity index is 2.52. The summed E-state index contributed by atoms with van der Waals surface area (Å²) in [5, 5.41) is 0. The molecule has 0 saturated carbocycles. The van der Waals surface area contributed by atoms with Gasteiger partial charge in [0.2, 0.25) is 0 Å². The zero-order valence-corrected chi connectivity index (χ0v) is 8.75. The lowest BCUT2D eigenvalue weighted by Gasteiger charge is -2.35. The van der Waals surface area contributed by atoms with Gasteiger partial charge < -0.3 is 9.64 Å². The maximum absolute atomic E-state index is 11.5. The van der Waals surface area contributed by atoms with Gasteiger partial charge in [-0.1, -0.05) is 0 Å². The van der Waals surface area contributed by atoms with Gasteiger partial charge in [0.25, 0.3) is 0 Å². The summed E-state index contributed by atoms with van der Waals surface area (Å²) in [4.78, 5) is 13.7. The number of carbonyl (C=O) groups excluding carboxylic acids is 1. The molecule has 1 aliphatic rings. The van der Waals surface area contributed by atoms with E-state index in [9.17, 15) is 4.79 Å². The molecule has 0 aromatic heterocycles. The van der Waals surface area contributed by atoms with Crippen LogP contribution in [0, 0.1) is 5.92 Å². The highest BCUT2D eigenvalue weighted by molar-refractivity contribution is 5.73. The Bertz CT molecular complexity index is 182. The van der Waals surface area contributed by atoms with Gasteiger partial charge in [-0.2, -0.15) is 0 Å². The SMILES string of the molecule is CCOC(=O)[C@@H]1CCCN(C)[C@H]1C. The molecule has 13 heavy (non-hydrogen) atoms. The minimum absolute atomic E-state index is 0.0263. The Morgan fingerprint density at radius 3 is 2.92 bits per heavy atom. The third-order valence-corrected chi connectivity index (χ3v) is 2.89. The van der Waals surface area contributed by atoms with Crippen molar-refractivity contribution in [3.8, 4) is 0 Å². The molecular weight excluding hydrogens is 166 g/mol. The van der Waals surface area contributed by atoms with Crippen LogP contribution in [0.4, 0.5) is 0 Å². The molecule has 2 atom stereocenters. The van der Waals surface area contributed by atoms with Gasteiger partial charge in [-0.25, -0.2) is 0 Å². The van der Waals surface area contributed by atoms with Crippen molar-refractivity contribution in [1.82, 2.24) is 4.90 Å². The van der Waals surface area contributed by atoms with Crippen LogP contribution in [0.15, 0.2) is 0 Å². The molecule has 0 unspecified atom stereocenters. The number of nitrogens with zero attached hydrogens (tertiary/aromatic N) is 1. The molecule has 0 aromatic rings. The Labute approximate surface area is 80.1 Å². The van der Waals surface area contributed by atoms with E-state index in [1.807, 2.05) is 6.92 Å². The summed E-state index contributed by atoms with van der Waals surface area (Å²) in [5.74, 6) is 0.0558. The Hall–Kier alpha value is -0.570. The molecule has 0 amide bonds. The predicted octanol–water partition coefficient (Wildman–Crippen LogP) is 1.28. The van der Waals surface area contributed by atoms with Crippen molar-refractivity contribution in [3.05, 3.63) is 0 Å². The van der Waals surface area contributed by atoms with Crippen molar-refractivity contribution in [2.45, 2.75) is 32.7 Å². The normalized spacial score (nSPS) is 30.1. The van der Waals surface area contributed by atoms with Crippen molar-refractivity contribution < 1.29 is 9.53 Å². The van der Waals surface area contributed by atoms with Crippen LogP contribution in [0.2, 0.25) is 0 Å². The van der Waals surface area contributed by atoms with E-state index in [0.29, 0.717) is 12.6 Å². The first kappa shape index (κ1) is 10.5. The molecule has 76 valence electrons. The van der Waals surface area contributed by atoms with Crippen LogP contribution in [0.3, 0.4) is 0 Å². The number of esters is 1. The molecule has 3 nitrogen and oxygen atoms in total. The molecular formula is C10H19NO2. The van der Waals surface area contributed by atoms with Crippen LogP contribution < -0.4 is 0 Å². The van der Waals surface area contributed by atoms with E-state index in [-0.39, 0.29) is 11.9 Å². The van der Waals surface area contributed by atoms with Crippen LogP contribution >= 0.6 is 0 Å². The summed E-state index contributed by atoms with van der Waals surface area (Å²) in [6.07, 6.45) is 2.08. The second-order valence-electron chi connectivity index (χ2n) is 3.72. The van der Waals surface area contributed by atoms with Crippen molar-refractivity contribution in [1.29, 1.82) is 0 Å². The summed E-state index contributed by atoms with van der Waals surface area (Å²) in [5.41, 5.74) is 0. The summed E-state index contributed by atoms with van der Waals surface area (Å²) in [6, 6.07) is 0.327. The van der Waals surface area contributed by atoms with Crippen molar-refractivity contribution in [3.63, 3.8) is 0 Å². The predicted molar refractivity (Wildman–Crippen MR) is 51.4 cm³/mol. The van der Waals surface area contributed by atoms with Crippen molar-refractivity contribution in [2.24, 2.45) is 5.92 Å². The summed E-state index contributed by atoms with van der Waals surface area (Å²) < 4.78 is 5.03. The zero-order valence-electron chi connectivity index (χ0n) is 8.75. The van der Waals surface area contributed by atoms with Gasteiger partial charge in [-0.15, -0.1) is 0 Å².